The molecule has 0 saturated carbocycles. The SMILES string of the molecule is COC(=O)COCCCOCCCCCOc1ccc(F)c(CNC(=O)c2cccc(NCC3=CCC(C)N=C(c4ccncn4)N3C)c2)c1. The summed E-state index contributed by atoms with van der Waals surface area (Å²) in [4.78, 5) is 39.3. The summed E-state index contributed by atoms with van der Waals surface area (Å²) >= 11 is 0. The molecule has 1 aliphatic heterocycles. The van der Waals surface area contributed by atoms with Crippen LogP contribution in [0.3, 0.4) is 0 Å². The number of nitrogens with one attached hydrogen (secondary N) is 2. The number of aromatic nitrogens is 2. The number of amidine groups is 1. The Morgan fingerprint density at radius 1 is 0.980 bits per heavy atom. The zero-order valence-electron chi connectivity index (χ0n) is 29.0. The number of halogens is 1. The molecule has 0 fully saturated rings. The summed E-state index contributed by atoms with van der Waals surface area (Å²) in [6, 6.07) is 13.7. The first-order valence-corrected chi connectivity index (χ1v) is 16.9. The van der Waals surface area contributed by atoms with Crippen LogP contribution in [0.1, 0.15) is 60.6 Å². The molecule has 0 aliphatic carbocycles. The molecular weight excluding hydrogens is 643 g/mol. The van der Waals surface area contributed by atoms with Crippen molar-refractivity contribution < 1.29 is 32.9 Å². The van der Waals surface area contributed by atoms with Crippen LogP contribution >= 0.6 is 0 Å². The molecule has 0 saturated heterocycles. The molecule has 4 rings (SSSR count). The number of nitrogens with zero attached hydrogens (tertiary/aromatic N) is 4. The number of carbonyl (C=O) groups is 2. The molecule has 2 N–H and O–H groups in total. The highest BCUT2D eigenvalue weighted by Crippen LogP contribution is 2.20. The fourth-order valence-corrected chi connectivity index (χ4v) is 5.05. The second kappa shape index (κ2) is 20.6. The normalized spacial score (nSPS) is 14.3. The zero-order chi connectivity index (χ0) is 35.6. The first-order valence-electron chi connectivity index (χ1n) is 16.9. The maximum absolute atomic E-state index is 14.6. The number of methoxy groups -OCH3 is 1. The summed E-state index contributed by atoms with van der Waals surface area (Å²) in [7, 11) is 3.29. The largest absolute Gasteiger partial charge is 0.494 e. The number of hydrogen-bond donors (Lipinski definition) is 2. The van der Waals surface area contributed by atoms with E-state index >= 15 is 0 Å². The summed E-state index contributed by atoms with van der Waals surface area (Å²) in [5, 5.41) is 6.25. The number of hydrogen-bond acceptors (Lipinski definition) is 11. The Balaban J connectivity index is 1.17. The number of likely N-dealkylation sites (N-methyl/N-ethyl adjacent to an activating group) is 1. The Hall–Kier alpha value is -4.88. The number of carbonyl (C=O) groups excluding carboxylic acids is 2. The van der Waals surface area contributed by atoms with Crippen molar-refractivity contribution >= 4 is 23.4 Å². The van der Waals surface area contributed by atoms with Gasteiger partial charge in [0.15, 0.2) is 5.84 Å². The van der Waals surface area contributed by atoms with Crippen molar-refractivity contribution in [3.63, 3.8) is 0 Å². The molecule has 1 unspecified atom stereocenters. The highest BCUT2D eigenvalue weighted by molar-refractivity contribution is 5.98. The maximum atomic E-state index is 14.6. The second-order valence-corrected chi connectivity index (χ2v) is 11.8. The number of esters is 1. The summed E-state index contributed by atoms with van der Waals surface area (Å²) in [6.45, 7) is 4.68. The van der Waals surface area contributed by atoms with E-state index in [1.54, 1.807) is 30.5 Å². The number of rotatable bonds is 20. The Kier molecular flexibility index (Phi) is 15.6. The highest BCUT2D eigenvalue weighted by Gasteiger charge is 2.19. The van der Waals surface area contributed by atoms with Crippen molar-refractivity contribution in [1.82, 2.24) is 20.2 Å². The van der Waals surface area contributed by atoms with E-state index in [-0.39, 0.29) is 25.1 Å². The van der Waals surface area contributed by atoms with Crippen LogP contribution in [0.15, 0.2) is 77.8 Å². The minimum atomic E-state index is -0.416. The van der Waals surface area contributed by atoms with Crippen molar-refractivity contribution in [2.75, 3.05) is 59.1 Å². The van der Waals surface area contributed by atoms with Gasteiger partial charge in [-0.15, -0.1) is 0 Å². The quantitative estimate of drug-likeness (QED) is 0.121. The van der Waals surface area contributed by atoms with E-state index in [1.807, 2.05) is 30.1 Å². The van der Waals surface area contributed by atoms with Crippen LogP contribution in [0.5, 0.6) is 5.75 Å². The molecule has 0 radical (unpaired) electrons. The van der Waals surface area contributed by atoms with Gasteiger partial charge in [0.2, 0.25) is 0 Å². The lowest BCUT2D eigenvalue weighted by Crippen LogP contribution is -2.30. The zero-order valence-corrected chi connectivity index (χ0v) is 29.0. The topological polar surface area (TPSA) is 136 Å². The van der Waals surface area contributed by atoms with E-state index < -0.39 is 11.8 Å². The third-order valence-electron chi connectivity index (χ3n) is 7.88. The predicted molar refractivity (Wildman–Crippen MR) is 189 cm³/mol. The number of anilines is 1. The van der Waals surface area contributed by atoms with Gasteiger partial charge in [-0.25, -0.2) is 19.2 Å². The molecule has 2 heterocycles. The minimum Gasteiger partial charge on any atom is -0.494 e. The second-order valence-electron chi connectivity index (χ2n) is 11.8. The number of unbranched alkanes of at least 4 members (excludes halogenated alkanes) is 2. The molecule has 1 amide bonds. The maximum Gasteiger partial charge on any atom is 0.331 e. The van der Waals surface area contributed by atoms with Crippen molar-refractivity contribution in [3.05, 3.63) is 95.5 Å². The Bertz CT molecular complexity index is 1590. The van der Waals surface area contributed by atoms with Crippen molar-refractivity contribution in [2.45, 2.75) is 51.6 Å². The van der Waals surface area contributed by atoms with Crippen LogP contribution in [0.25, 0.3) is 0 Å². The number of benzene rings is 2. The third kappa shape index (κ3) is 12.5. The highest BCUT2D eigenvalue weighted by atomic mass is 19.1. The van der Waals surface area contributed by atoms with Gasteiger partial charge >= 0.3 is 5.97 Å². The molecule has 268 valence electrons. The third-order valence-corrected chi connectivity index (χ3v) is 7.88. The summed E-state index contributed by atoms with van der Waals surface area (Å²) < 4.78 is 35.7. The average Bonchev–Trinajstić information content (AvgIpc) is 3.28. The Morgan fingerprint density at radius 2 is 1.80 bits per heavy atom. The minimum absolute atomic E-state index is 0.0195. The number of aliphatic imine (C=N–C) groups is 1. The molecule has 12 nitrogen and oxygen atoms in total. The van der Waals surface area contributed by atoms with E-state index in [4.69, 9.17) is 19.2 Å². The fraction of sp³-hybridized carbons (Fsp3) is 0.432. The molecule has 2 aromatic carbocycles. The fourth-order valence-electron chi connectivity index (χ4n) is 5.05. The molecular formula is C37H47FN6O6. The van der Waals surface area contributed by atoms with Gasteiger partial charge in [0.1, 0.15) is 30.2 Å². The van der Waals surface area contributed by atoms with Gasteiger partial charge in [0, 0.05) is 62.1 Å². The van der Waals surface area contributed by atoms with Gasteiger partial charge in [0.05, 0.1) is 26.3 Å². The Morgan fingerprint density at radius 3 is 2.62 bits per heavy atom. The van der Waals surface area contributed by atoms with Crippen LogP contribution in [-0.2, 0) is 25.5 Å². The van der Waals surface area contributed by atoms with Crippen LogP contribution < -0.4 is 15.4 Å². The lowest BCUT2D eigenvalue weighted by molar-refractivity contribution is -0.146. The van der Waals surface area contributed by atoms with E-state index in [0.29, 0.717) is 56.3 Å². The van der Waals surface area contributed by atoms with Crippen LogP contribution in [0, 0.1) is 5.82 Å². The number of amides is 1. The number of ether oxygens (including phenoxy) is 4. The molecule has 3 aromatic rings. The van der Waals surface area contributed by atoms with Crippen molar-refractivity contribution in [3.8, 4) is 5.75 Å². The average molecular weight is 691 g/mol. The Labute approximate surface area is 293 Å². The predicted octanol–water partition coefficient (Wildman–Crippen LogP) is 5.16. The van der Waals surface area contributed by atoms with Gasteiger partial charge in [-0.05, 0) is 81.5 Å². The van der Waals surface area contributed by atoms with E-state index in [2.05, 4.69) is 38.3 Å². The van der Waals surface area contributed by atoms with E-state index in [1.165, 1.54) is 19.5 Å². The standard InChI is InChI=1S/C37H47FN6O6/c1-27-11-12-31(44(2)36(43-27)34-15-16-39-26-42-34)24-40-30-10-7-9-28(21-30)37(46)41-23-29-22-32(13-14-33(29)38)50-20-6-4-5-17-48-18-8-19-49-25-35(45)47-3/h7,9-10,12-16,21-22,26-27,40H,4-6,8,11,17-20,23-25H2,1-3H3,(H,41,46). The van der Waals surface area contributed by atoms with E-state index in [9.17, 15) is 14.0 Å². The smallest absolute Gasteiger partial charge is 0.331 e. The van der Waals surface area contributed by atoms with Crippen LogP contribution in [-0.4, -0.2) is 92.4 Å². The summed E-state index contributed by atoms with van der Waals surface area (Å²) in [5.41, 5.74) is 3.36. The molecule has 50 heavy (non-hydrogen) atoms. The van der Waals surface area contributed by atoms with Gasteiger partial charge in [-0.3, -0.25) is 9.79 Å². The first kappa shape index (κ1) is 37.9. The van der Waals surface area contributed by atoms with E-state index in [0.717, 1.165) is 48.6 Å². The lowest BCUT2D eigenvalue weighted by atomic mass is 10.1. The van der Waals surface area contributed by atoms with Gasteiger partial charge < -0.3 is 34.5 Å². The molecule has 0 bridgehead atoms. The molecule has 0 spiro atoms. The first-order chi connectivity index (χ1) is 24.3. The van der Waals surface area contributed by atoms with Crippen molar-refractivity contribution in [1.29, 1.82) is 0 Å². The summed E-state index contributed by atoms with van der Waals surface area (Å²) in [5.74, 6) is 0.201. The molecule has 1 atom stereocenters. The van der Waals surface area contributed by atoms with Gasteiger partial charge in [-0.1, -0.05) is 12.1 Å². The molecule has 1 aromatic heterocycles. The summed E-state index contributed by atoms with van der Waals surface area (Å²) in [6.07, 6.45) is 9.50. The van der Waals surface area contributed by atoms with Crippen LogP contribution in [0.4, 0.5) is 10.1 Å². The lowest BCUT2D eigenvalue weighted by Gasteiger charge is -2.23. The molecule has 13 heteroatoms. The van der Waals surface area contributed by atoms with Crippen molar-refractivity contribution in [2.24, 2.45) is 4.99 Å². The van der Waals surface area contributed by atoms with Crippen LogP contribution in [0.2, 0.25) is 0 Å². The monoisotopic (exact) mass is 690 g/mol. The van der Waals surface area contributed by atoms with Gasteiger partial charge in [0.25, 0.3) is 5.91 Å². The molecule has 1 aliphatic rings. The van der Waals surface area contributed by atoms with Gasteiger partial charge in [-0.2, -0.15) is 0 Å².